The van der Waals surface area contributed by atoms with Crippen LogP contribution in [0, 0.1) is 6.92 Å². The predicted octanol–water partition coefficient (Wildman–Crippen LogP) is 3.62. The van der Waals surface area contributed by atoms with Gasteiger partial charge in [-0.1, -0.05) is 30.8 Å². The number of hydrogen-bond donors (Lipinski definition) is 0. The van der Waals surface area contributed by atoms with E-state index in [9.17, 15) is 4.79 Å². The zero-order valence-electron chi connectivity index (χ0n) is 14.2. The van der Waals surface area contributed by atoms with Crippen molar-refractivity contribution in [2.24, 2.45) is 0 Å². The summed E-state index contributed by atoms with van der Waals surface area (Å²) in [4.78, 5) is 16.0. The van der Waals surface area contributed by atoms with E-state index in [0.717, 1.165) is 36.2 Å². The van der Waals surface area contributed by atoms with Crippen LogP contribution < -0.4 is 4.90 Å². The molecule has 1 amide bonds. The van der Waals surface area contributed by atoms with Gasteiger partial charge in [-0.2, -0.15) is 0 Å². The van der Waals surface area contributed by atoms with Gasteiger partial charge in [0, 0.05) is 23.2 Å². The molecule has 1 aliphatic heterocycles. The van der Waals surface area contributed by atoms with Gasteiger partial charge in [-0.3, -0.25) is 4.79 Å². The van der Waals surface area contributed by atoms with Crippen LogP contribution in [-0.2, 0) is 11.3 Å². The third-order valence-electron chi connectivity index (χ3n) is 4.09. The van der Waals surface area contributed by atoms with Crippen LogP contribution in [0.2, 0.25) is 0 Å². The maximum absolute atomic E-state index is 12.8. The average molecular weight is 363 g/mol. The first kappa shape index (κ1) is 17.4. The van der Waals surface area contributed by atoms with Crippen molar-refractivity contribution in [2.75, 3.05) is 17.2 Å². The standard InChI is InChI=1S/C17H22N4OS2/c1-4-20-13(3)18-19-17(20)23-11-16(22)21-10-9-12(2)24-15-8-6-5-7-14(15)21/h5-8,12H,4,9-11H2,1-3H3. The maximum Gasteiger partial charge on any atom is 0.237 e. The summed E-state index contributed by atoms with van der Waals surface area (Å²) in [5, 5.41) is 9.61. The fourth-order valence-corrected chi connectivity index (χ4v) is 4.82. The number of fused-ring (bicyclic) bond motifs is 1. The predicted molar refractivity (Wildman–Crippen MR) is 99.9 cm³/mol. The smallest absolute Gasteiger partial charge is 0.237 e. The van der Waals surface area contributed by atoms with Crippen molar-refractivity contribution < 1.29 is 4.79 Å². The largest absolute Gasteiger partial charge is 0.311 e. The number of benzene rings is 1. The summed E-state index contributed by atoms with van der Waals surface area (Å²) in [7, 11) is 0. The van der Waals surface area contributed by atoms with Gasteiger partial charge in [0.25, 0.3) is 0 Å². The monoisotopic (exact) mass is 362 g/mol. The molecule has 0 aliphatic carbocycles. The first-order chi connectivity index (χ1) is 11.6. The zero-order chi connectivity index (χ0) is 17.1. The van der Waals surface area contributed by atoms with Gasteiger partial charge in [0.15, 0.2) is 5.16 Å². The number of aryl methyl sites for hydroxylation is 1. The lowest BCUT2D eigenvalue weighted by Gasteiger charge is -2.22. The summed E-state index contributed by atoms with van der Waals surface area (Å²) in [6.45, 7) is 7.80. The highest BCUT2D eigenvalue weighted by Crippen LogP contribution is 2.37. The Balaban J connectivity index is 1.75. The Kier molecular flexibility index (Phi) is 5.50. The van der Waals surface area contributed by atoms with E-state index in [-0.39, 0.29) is 5.91 Å². The SMILES string of the molecule is CCn1c(C)nnc1SCC(=O)N1CCC(C)Sc2ccccc21. The maximum atomic E-state index is 12.8. The molecule has 128 valence electrons. The Morgan fingerprint density at radius 1 is 1.38 bits per heavy atom. The fourth-order valence-electron chi connectivity index (χ4n) is 2.78. The van der Waals surface area contributed by atoms with E-state index >= 15 is 0 Å². The Bertz CT molecular complexity index is 731. The van der Waals surface area contributed by atoms with Crippen molar-refractivity contribution in [2.45, 2.75) is 49.0 Å². The van der Waals surface area contributed by atoms with Crippen LogP contribution in [0.3, 0.4) is 0 Å². The Labute approximate surface area is 151 Å². The van der Waals surface area contributed by atoms with E-state index in [4.69, 9.17) is 0 Å². The molecule has 0 fully saturated rings. The first-order valence-corrected chi connectivity index (χ1v) is 10.0. The minimum Gasteiger partial charge on any atom is -0.311 e. The lowest BCUT2D eigenvalue weighted by Crippen LogP contribution is -2.33. The number of amides is 1. The van der Waals surface area contributed by atoms with Gasteiger partial charge in [0.05, 0.1) is 11.4 Å². The number of carbonyl (C=O) groups is 1. The van der Waals surface area contributed by atoms with Crippen LogP contribution in [0.4, 0.5) is 5.69 Å². The lowest BCUT2D eigenvalue weighted by atomic mass is 10.2. The number of anilines is 1. The lowest BCUT2D eigenvalue weighted by molar-refractivity contribution is -0.116. The van der Waals surface area contributed by atoms with E-state index in [0.29, 0.717) is 11.0 Å². The third-order valence-corrected chi connectivity index (χ3v) is 6.28. The molecular weight excluding hydrogens is 340 g/mol. The van der Waals surface area contributed by atoms with Gasteiger partial charge in [-0.25, -0.2) is 0 Å². The molecule has 2 aromatic rings. The molecular formula is C17H22N4OS2. The van der Waals surface area contributed by atoms with Gasteiger partial charge in [0.1, 0.15) is 5.82 Å². The van der Waals surface area contributed by atoms with Crippen LogP contribution in [0.1, 0.15) is 26.1 Å². The number of carbonyl (C=O) groups excluding carboxylic acids is 1. The molecule has 0 radical (unpaired) electrons. The molecule has 5 nitrogen and oxygen atoms in total. The molecule has 3 rings (SSSR count). The number of para-hydroxylation sites is 1. The molecule has 0 spiro atoms. The van der Waals surface area contributed by atoms with Crippen molar-refractivity contribution in [3.63, 3.8) is 0 Å². The minimum absolute atomic E-state index is 0.130. The summed E-state index contributed by atoms with van der Waals surface area (Å²) in [6, 6.07) is 8.18. The number of rotatable bonds is 4. The van der Waals surface area contributed by atoms with Gasteiger partial charge in [-0.15, -0.1) is 22.0 Å². The molecule has 0 saturated carbocycles. The van der Waals surface area contributed by atoms with Crippen LogP contribution in [0.15, 0.2) is 34.3 Å². The quantitative estimate of drug-likeness (QED) is 0.778. The Morgan fingerprint density at radius 3 is 2.96 bits per heavy atom. The average Bonchev–Trinajstić information content (AvgIpc) is 2.84. The molecule has 1 atom stereocenters. The van der Waals surface area contributed by atoms with Crippen LogP contribution in [-0.4, -0.2) is 38.2 Å². The summed E-state index contributed by atoms with van der Waals surface area (Å²) in [6.07, 6.45) is 1.00. The molecule has 1 unspecified atom stereocenters. The molecule has 0 N–H and O–H groups in total. The van der Waals surface area contributed by atoms with Gasteiger partial charge >= 0.3 is 0 Å². The summed E-state index contributed by atoms with van der Waals surface area (Å²) < 4.78 is 2.03. The van der Waals surface area contributed by atoms with Crippen molar-refractivity contribution in [1.82, 2.24) is 14.8 Å². The molecule has 2 heterocycles. The van der Waals surface area contributed by atoms with E-state index in [2.05, 4.69) is 30.1 Å². The molecule has 0 saturated heterocycles. The molecule has 24 heavy (non-hydrogen) atoms. The highest BCUT2D eigenvalue weighted by molar-refractivity contribution is 8.00. The topological polar surface area (TPSA) is 51.0 Å². The number of nitrogens with zero attached hydrogens (tertiary/aromatic N) is 4. The second-order valence-corrected chi connectivity index (χ2v) is 8.22. The zero-order valence-corrected chi connectivity index (χ0v) is 15.9. The van der Waals surface area contributed by atoms with Crippen LogP contribution >= 0.6 is 23.5 Å². The molecule has 0 bridgehead atoms. The third kappa shape index (κ3) is 3.62. The van der Waals surface area contributed by atoms with Gasteiger partial charge < -0.3 is 9.47 Å². The summed E-state index contributed by atoms with van der Waals surface area (Å²) >= 11 is 3.32. The van der Waals surface area contributed by atoms with E-state index < -0.39 is 0 Å². The molecule has 1 aliphatic rings. The van der Waals surface area contributed by atoms with Crippen molar-refractivity contribution in [3.8, 4) is 0 Å². The van der Waals surface area contributed by atoms with Crippen molar-refractivity contribution >= 4 is 35.1 Å². The van der Waals surface area contributed by atoms with E-state index in [1.54, 1.807) is 0 Å². The second-order valence-electron chi connectivity index (χ2n) is 5.79. The Morgan fingerprint density at radius 2 is 2.17 bits per heavy atom. The first-order valence-electron chi connectivity index (χ1n) is 8.18. The highest BCUT2D eigenvalue weighted by atomic mass is 32.2. The van der Waals surface area contributed by atoms with Crippen molar-refractivity contribution in [1.29, 1.82) is 0 Å². The van der Waals surface area contributed by atoms with Crippen LogP contribution in [0.5, 0.6) is 0 Å². The molecule has 7 heteroatoms. The van der Waals surface area contributed by atoms with Crippen molar-refractivity contribution in [3.05, 3.63) is 30.1 Å². The van der Waals surface area contributed by atoms with E-state index in [1.807, 2.05) is 46.4 Å². The second kappa shape index (κ2) is 7.61. The highest BCUT2D eigenvalue weighted by Gasteiger charge is 2.24. The van der Waals surface area contributed by atoms with Crippen LogP contribution in [0.25, 0.3) is 0 Å². The number of hydrogen-bond acceptors (Lipinski definition) is 5. The number of thioether (sulfide) groups is 2. The fraction of sp³-hybridized carbons (Fsp3) is 0.471. The van der Waals surface area contributed by atoms with Gasteiger partial charge in [-0.05, 0) is 32.4 Å². The molecule has 1 aromatic heterocycles. The van der Waals surface area contributed by atoms with Gasteiger partial charge in [0.2, 0.25) is 5.91 Å². The van der Waals surface area contributed by atoms with E-state index in [1.165, 1.54) is 16.7 Å². The minimum atomic E-state index is 0.130. The Hall–Kier alpha value is -1.47. The molecule has 1 aromatic carbocycles. The normalized spacial score (nSPS) is 17.5. The summed E-state index contributed by atoms with van der Waals surface area (Å²) in [5.74, 6) is 1.40. The summed E-state index contributed by atoms with van der Waals surface area (Å²) in [5.41, 5.74) is 1.03. The number of aromatic nitrogens is 3.